The van der Waals surface area contributed by atoms with Crippen molar-refractivity contribution in [2.45, 2.75) is 24.5 Å². The Kier molecular flexibility index (Phi) is 4.80. The summed E-state index contributed by atoms with van der Waals surface area (Å²) in [7, 11) is 0. The molecule has 0 aliphatic carbocycles. The number of fused-ring (bicyclic) bond motifs is 1. The molecular weight excluding hydrogens is 296 g/mol. The molecule has 9 nitrogen and oxygen atoms in total. The summed E-state index contributed by atoms with van der Waals surface area (Å²) in [6.45, 7) is -0.415. The van der Waals surface area contributed by atoms with E-state index in [1.165, 1.54) is 10.9 Å². The number of aliphatic hydroxyl groups excluding tert-OH is 3. The van der Waals surface area contributed by atoms with Crippen LogP contribution in [0.2, 0.25) is 0 Å². The number of imidazole rings is 1. The first kappa shape index (κ1) is 15.8. The van der Waals surface area contributed by atoms with Crippen molar-refractivity contribution < 1.29 is 25.2 Å². The number of ether oxygens (including phenoxy) is 1. The van der Waals surface area contributed by atoms with Gasteiger partial charge in [-0.2, -0.15) is 4.98 Å². The van der Waals surface area contributed by atoms with E-state index in [-0.39, 0.29) is 54.8 Å². The minimum absolute atomic E-state index is 0. The number of aromatic nitrogens is 4. The molecule has 0 radical (unpaired) electrons. The van der Waals surface area contributed by atoms with Crippen molar-refractivity contribution in [1.82, 2.24) is 19.5 Å². The monoisotopic (exact) mass is 310 g/mol. The molecule has 1 aliphatic heterocycles. The molecule has 20 heavy (non-hydrogen) atoms. The number of nitrogens with zero attached hydrogens (tertiary/aromatic N) is 4. The second kappa shape index (κ2) is 6.06. The van der Waals surface area contributed by atoms with Crippen LogP contribution >= 0.6 is 0 Å². The van der Waals surface area contributed by atoms with Gasteiger partial charge in [0, 0.05) is 0 Å². The van der Waals surface area contributed by atoms with E-state index >= 15 is 0 Å². The van der Waals surface area contributed by atoms with Gasteiger partial charge in [0.1, 0.15) is 24.6 Å². The fourth-order valence-electron chi connectivity index (χ4n) is 2.14. The normalized spacial score (nSPS) is 29.6. The third-order valence-corrected chi connectivity index (χ3v) is 3.13. The predicted octanol–water partition coefficient (Wildman–Crippen LogP) is -2.77. The number of hydrogen-bond donors (Lipinski definition) is 4. The van der Waals surface area contributed by atoms with Crippen molar-refractivity contribution >= 4 is 48.9 Å². The zero-order valence-electron chi connectivity index (χ0n) is 9.66. The van der Waals surface area contributed by atoms with Gasteiger partial charge in [-0.3, -0.25) is 4.57 Å². The topological polar surface area (TPSA) is 134 Å². The fourth-order valence-corrected chi connectivity index (χ4v) is 2.14. The summed E-state index contributed by atoms with van der Waals surface area (Å²) in [4.78, 5) is 11.5. The average molecular weight is 310 g/mol. The molecule has 0 amide bonds. The Morgan fingerprint density at radius 1 is 1.20 bits per heavy atom. The average Bonchev–Trinajstić information content (AvgIpc) is 2.94. The molecule has 10 heteroatoms. The van der Waals surface area contributed by atoms with E-state index in [1.807, 2.05) is 0 Å². The quantitative estimate of drug-likeness (QED) is 0.438. The molecule has 2 aromatic rings. The van der Waals surface area contributed by atoms with Gasteiger partial charge in [0.15, 0.2) is 17.4 Å². The molecule has 1 aliphatic rings. The molecule has 3 heterocycles. The molecular formula is C10H14CaN4O5. The summed E-state index contributed by atoms with van der Waals surface area (Å²) in [5, 5.41) is 38.2. The Morgan fingerprint density at radius 2 is 1.95 bits per heavy atom. The van der Waals surface area contributed by atoms with Gasteiger partial charge < -0.3 is 25.2 Å². The van der Waals surface area contributed by atoms with Crippen molar-refractivity contribution in [1.29, 1.82) is 0 Å². The molecule has 0 spiro atoms. The summed E-state index contributed by atoms with van der Waals surface area (Å²) in [5.41, 5.74) is 0.433. The van der Waals surface area contributed by atoms with Crippen LogP contribution in [0.15, 0.2) is 12.7 Å². The van der Waals surface area contributed by atoms with E-state index in [9.17, 15) is 15.3 Å². The first-order valence-electron chi connectivity index (χ1n) is 5.62. The van der Waals surface area contributed by atoms with Gasteiger partial charge in [-0.15, -0.1) is 0 Å². The van der Waals surface area contributed by atoms with Crippen molar-refractivity contribution in [3.8, 4) is 5.88 Å². The molecule has 4 atom stereocenters. The summed E-state index contributed by atoms with van der Waals surface area (Å²) < 4.78 is 6.73. The molecule has 106 valence electrons. The third-order valence-electron chi connectivity index (χ3n) is 3.13. The maximum atomic E-state index is 9.92. The minimum atomic E-state index is -1.23. The number of aliphatic hydroxyl groups is 3. The van der Waals surface area contributed by atoms with E-state index in [2.05, 4.69) is 15.0 Å². The van der Waals surface area contributed by atoms with Crippen molar-refractivity contribution in [3.63, 3.8) is 0 Å². The zero-order chi connectivity index (χ0) is 13.6. The predicted molar refractivity (Wildman–Crippen MR) is 68.5 cm³/mol. The van der Waals surface area contributed by atoms with Crippen LogP contribution in [0.4, 0.5) is 0 Å². The first-order valence-corrected chi connectivity index (χ1v) is 5.62. The summed E-state index contributed by atoms with van der Waals surface area (Å²) in [6, 6.07) is 0. The number of aromatic hydroxyl groups is 1. The van der Waals surface area contributed by atoms with Crippen molar-refractivity contribution in [3.05, 3.63) is 12.7 Å². The molecule has 0 bridgehead atoms. The van der Waals surface area contributed by atoms with Gasteiger partial charge in [0.05, 0.1) is 12.9 Å². The number of hydrogen-bond acceptors (Lipinski definition) is 8. The second-order valence-electron chi connectivity index (χ2n) is 4.25. The van der Waals surface area contributed by atoms with E-state index in [4.69, 9.17) is 9.84 Å². The molecule has 2 aromatic heterocycles. The Labute approximate surface area is 142 Å². The van der Waals surface area contributed by atoms with Crippen LogP contribution in [-0.2, 0) is 4.74 Å². The van der Waals surface area contributed by atoms with E-state index < -0.39 is 31.1 Å². The van der Waals surface area contributed by atoms with Crippen molar-refractivity contribution in [2.75, 3.05) is 6.61 Å². The van der Waals surface area contributed by atoms with Crippen molar-refractivity contribution in [2.24, 2.45) is 0 Å². The zero-order valence-corrected chi connectivity index (χ0v) is 9.66. The molecule has 1 fully saturated rings. The first-order chi connectivity index (χ1) is 9.13. The van der Waals surface area contributed by atoms with Crippen LogP contribution in [-0.4, -0.2) is 103 Å². The molecule has 3 rings (SSSR count). The molecule has 1 saturated heterocycles. The molecule has 0 unspecified atom stereocenters. The summed E-state index contributed by atoms with van der Waals surface area (Å²) in [6.07, 6.45) is -1.79. The Morgan fingerprint density at radius 3 is 2.60 bits per heavy atom. The molecule has 4 N–H and O–H groups in total. The van der Waals surface area contributed by atoms with E-state index in [1.54, 1.807) is 0 Å². The second-order valence-corrected chi connectivity index (χ2v) is 4.25. The van der Waals surface area contributed by atoms with Gasteiger partial charge in [0.2, 0.25) is 5.88 Å². The van der Waals surface area contributed by atoms with Crippen LogP contribution in [0.5, 0.6) is 5.88 Å². The Hall–Kier alpha value is -0.550. The number of rotatable bonds is 2. The van der Waals surface area contributed by atoms with Crippen LogP contribution in [0, 0.1) is 0 Å². The van der Waals surface area contributed by atoms with Crippen LogP contribution in [0.3, 0.4) is 0 Å². The molecule has 0 saturated carbocycles. The molecule has 0 aromatic carbocycles. The van der Waals surface area contributed by atoms with Crippen LogP contribution < -0.4 is 0 Å². The standard InChI is InChI=1S/C10H12N4O5.Ca.2H/c15-1-4-6(16)7(17)10(19-4)14-3-13-5-8(14)11-2-12-9(5)18;;;/h2-4,6-7,10,15-17H,1H2,(H,11,12,18);;;/t4-,6-,7-,10-;;;/m1.../s1. The summed E-state index contributed by atoms with van der Waals surface area (Å²) >= 11 is 0. The summed E-state index contributed by atoms with van der Waals surface area (Å²) in [5.74, 6) is -0.282. The maximum absolute atomic E-state index is 9.92. The van der Waals surface area contributed by atoms with Gasteiger partial charge in [-0.1, -0.05) is 0 Å². The van der Waals surface area contributed by atoms with Gasteiger partial charge in [-0.05, 0) is 0 Å². The van der Waals surface area contributed by atoms with Gasteiger partial charge >= 0.3 is 37.7 Å². The van der Waals surface area contributed by atoms with E-state index in [0.29, 0.717) is 0 Å². The van der Waals surface area contributed by atoms with Crippen LogP contribution in [0.25, 0.3) is 11.2 Å². The Bertz CT molecular complexity index is 608. The third kappa shape index (κ3) is 2.39. The van der Waals surface area contributed by atoms with E-state index in [0.717, 1.165) is 6.33 Å². The van der Waals surface area contributed by atoms with Crippen LogP contribution in [0.1, 0.15) is 6.23 Å². The van der Waals surface area contributed by atoms with Gasteiger partial charge in [-0.25, -0.2) is 9.97 Å². The fraction of sp³-hybridized carbons (Fsp3) is 0.500. The SMILES string of the molecule is OC[C@H]1O[C@@H](n2cnc3c(O)ncnc32)[C@H](O)[C@@H]1O.[CaH2]. The Balaban J connectivity index is 0.00000147. The van der Waals surface area contributed by atoms with Gasteiger partial charge in [0.25, 0.3) is 0 Å².